The highest BCUT2D eigenvalue weighted by Crippen LogP contribution is 2.42. The molecule has 0 radical (unpaired) electrons. The van der Waals surface area contributed by atoms with Gasteiger partial charge in [-0.1, -0.05) is 25.6 Å². The largest absolute Gasteiger partial charge is 0.425 e. The minimum absolute atomic E-state index is 0.0245. The van der Waals surface area contributed by atoms with E-state index in [4.69, 9.17) is 15.2 Å². The Hall–Kier alpha value is -3.22. The Morgan fingerprint density at radius 2 is 2.02 bits per heavy atom. The minimum Gasteiger partial charge on any atom is -0.425 e. The molecule has 1 fully saturated rings. The van der Waals surface area contributed by atoms with Gasteiger partial charge < -0.3 is 25.4 Å². The monoisotopic (exact) mass is 653 g/mol. The molecular formula is C25H35N9O6S3. The molecule has 0 aliphatic carbocycles. The van der Waals surface area contributed by atoms with Crippen LogP contribution in [0.2, 0.25) is 0 Å². The first kappa shape index (κ1) is 32.7. The number of hydrogen-bond donors (Lipinski definition) is 2. The predicted molar refractivity (Wildman–Crippen MR) is 160 cm³/mol. The number of fused-ring (bicyclic) bond motifs is 1. The third-order valence-corrected chi connectivity index (χ3v) is 9.35. The summed E-state index contributed by atoms with van der Waals surface area (Å²) in [5.74, 6) is -1.35. The number of thioether (sulfide) groups is 2. The number of carbonyl (C=O) groups excluding carboxylic acids is 4. The first-order chi connectivity index (χ1) is 20.4. The van der Waals surface area contributed by atoms with Crippen molar-refractivity contribution in [2.45, 2.75) is 63.0 Å². The lowest BCUT2D eigenvalue weighted by atomic mass is 10.0. The van der Waals surface area contributed by atoms with Gasteiger partial charge in [-0.15, -0.1) is 28.2 Å². The van der Waals surface area contributed by atoms with Gasteiger partial charge in [0.05, 0.1) is 18.7 Å². The standard InChI is InChI=1S/C25H35N9O6S3/c1-13(2)8-18(36)39-14(3)40-23(38)20-15(11-43-25-29-30-31-33(25)7-6-32(4)5)10-41-22-19(21(37)34(20)22)28-17(35)9-16-12-42-24(26)27-16/h12-14,19,22H,6-11H2,1-5H3,(H2,26,27)(H,28,35)/t14?,19-,22-/m1/s1. The van der Waals surface area contributed by atoms with E-state index in [2.05, 4.69) is 25.8 Å². The molecule has 2 aliphatic heterocycles. The Morgan fingerprint density at radius 3 is 2.70 bits per heavy atom. The summed E-state index contributed by atoms with van der Waals surface area (Å²) in [5, 5.41) is 16.8. The number of anilines is 1. The summed E-state index contributed by atoms with van der Waals surface area (Å²) in [7, 11) is 3.90. The lowest BCUT2D eigenvalue weighted by Crippen LogP contribution is -2.70. The number of thiazole rings is 1. The third-order valence-electron chi connectivity index (χ3n) is 6.25. The maximum Gasteiger partial charge on any atom is 0.358 e. The summed E-state index contributed by atoms with van der Waals surface area (Å²) < 4.78 is 12.4. The van der Waals surface area contributed by atoms with Crippen molar-refractivity contribution in [3.63, 3.8) is 0 Å². The number of esters is 2. The van der Waals surface area contributed by atoms with Gasteiger partial charge in [-0.05, 0) is 36.0 Å². The van der Waals surface area contributed by atoms with Crippen LogP contribution in [0.5, 0.6) is 0 Å². The van der Waals surface area contributed by atoms with Gasteiger partial charge in [0.25, 0.3) is 5.91 Å². The van der Waals surface area contributed by atoms with E-state index in [0.717, 1.165) is 6.54 Å². The molecule has 1 unspecified atom stereocenters. The van der Waals surface area contributed by atoms with Gasteiger partial charge in [0, 0.05) is 36.8 Å². The van der Waals surface area contributed by atoms with Crippen LogP contribution >= 0.6 is 34.9 Å². The molecule has 0 bridgehead atoms. The molecule has 2 aromatic rings. The Kier molecular flexibility index (Phi) is 11.0. The van der Waals surface area contributed by atoms with Crippen LogP contribution in [0.25, 0.3) is 0 Å². The number of nitrogen functional groups attached to an aromatic ring is 1. The quantitative estimate of drug-likeness (QED) is 0.126. The van der Waals surface area contributed by atoms with Crippen molar-refractivity contribution >= 4 is 63.7 Å². The number of amides is 2. The molecule has 3 atom stereocenters. The summed E-state index contributed by atoms with van der Waals surface area (Å²) in [5.41, 5.74) is 6.86. The molecule has 1 saturated heterocycles. The number of aromatic nitrogens is 5. The molecule has 43 heavy (non-hydrogen) atoms. The van der Waals surface area contributed by atoms with Crippen LogP contribution in [0.4, 0.5) is 5.13 Å². The number of ether oxygens (including phenoxy) is 2. The van der Waals surface area contributed by atoms with Crippen LogP contribution in [0, 0.1) is 5.92 Å². The van der Waals surface area contributed by atoms with Crippen molar-refractivity contribution in [2.24, 2.45) is 5.92 Å². The zero-order valence-corrected chi connectivity index (χ0v) is 27.0. The smallest absolute Gasteiger partial charge is 0.358 e. The number of β-lactam (4-membered cyclic amide) rings is 1. The Bertz CT molecular complexity index is 1380. The second-order valence-corrected chi connectivity index (χ2v) is 13.5. The fourth-order valence-corrected chi connectivity index (χ4v) is 7.21. The topological polar surface area (TPSA) is 188 Å². The highest BCUT2D eigenvalue weighted by atomic mass is 32.2. The zero-order valence-electron chi connectivity index (χ0n) is 24.5. The minimum atomic E-state index is -1.16. The molecule has 0 aromatic carbocycles. The van der Waals surface area contributed by atoms with E-state index in [1.807, 2.05) is 32.8 Å². The maximum absolute atomic E-state index is 13.5. The van der Waals surface area contributed by atoms with Crippen molar-refractivity contribution in [2.75, 3.05) is 37.9 Å². The summed E-state index contributed by atoms with van der Waals surface area (Å²) in [6, 6.07) is -0.829. The average molecular weight is 654 g/mol. The van der Waals surface area contributed by atoms with E-state index in [0.29, 0.717) is 39.6 Å². The number of hydrogen-bond acceptors (Lipinski definition) is 15. The summed E-state index contributed by atoms with van der Waals surface area (Å²) >= 11 is 3.99. The maximum atomic E-state index is 13.5. The van der Waals surface area contributed by atoms with E-state index in [1.54, 1.807) is 10.1 Å². The molecule has 2 aliphatic rings. The first-order valence-corrected chi connectivity index (χ1v) is 16.4. The summed E-state index contributed by atoms with van der Waals surface area (Å²) in [6.07, 6.45) is -1.01. The second-order valence-electron chi connectivity index (χ2n) is 10.6. The van der Waals surface area contributed by atoms with Gasteiger partial charge in [-0.25, -0.2) is 14.5 Å². The number of nitrogens with two attached hydrogens (primary N) is 1. The van der Waals surface area contributed by atoms with Crippen LogP contribution in [-0.4, -0.2) is 109 Å². The highest BCUT2D eigenvalue weighted by molar-refractivity contribution is 8.01. The summed E-state index contributed by atoms with van der Waals surface area (Å²) in [4.78, 5) is 59.1. The number of carbonyl (C=O) groups is 4. The Labute approximate surface area is 261 Å². The molecule has 15 nitrogen and oxygen atoms in total. The molecule has 2 amide bonds. The average Bonchev–Trinajstić information content (AvgIpc) is 3.55. The molecular weight excluding hydrogens is 619 g/mol. The number of likely N-dealkylation sites (N-methyl/N-ethyl adjacent to an activating group) is 1. The van der Waals surface area contributed by atoms with Gasteiger partial charge in [0.1, 0.15) is 17.1 Å². The third kappa shape index (κ3) is 8.45. The lowest BCUT2D eigenvalue weighted by molar-refractivity contribution is -0.184. The van der Waals surface area contributed by atoms with Gasteiger partial charge in [-0.3, -0.25) is 19.3 Å². The van der Waals surface area contributed by atoms with Crippen LogP contribution in [0.1, 0.15) is 32.9 Å². The zero-order chi connectivity index (χ0) is 31.3. The second kappa shape index (κ2) is 14.5. The molecule has 3 N–H and O–H groups in total. The Morgan fingerprint density at radius 1 is 1.26 bits per heavy atom. The predicted octanol–water partition coefficient (Wildman–Crippen LogP) is 0.741. The van der Waals surface area contributed by atoms with Gasteiger partial charge >= 0.3 is 11.9 Å². The normalized spacial score (nSPS) is 18.9. The fourth-order valence-electron chi connectivity index (χ4n) is 4.26. The van der Waals surface area contributed by atoms with E-state index in [9.17, 15) is 19.2 Å². The number of rotatable bonds is 14. The van der Waals surface area contributed by atoms with Crippen LogP contribution in [0.15, 0.2) is 21.8 Å². The van der Waals surface area contributed by atoms with Crippen molar-refractivity contribution in [1.29, 1.82) is 0 Å². The van der Waals surface area contributed by atoms with Gasteiger partial charge in [0.2, 0.25) is 17.4 Å². The van der Waals surface area contributed by atoms with Crippen molar-refractivity contribution in [3.05, 3.63) is 22.3 Å². The van der Waals surface area contributed by atoms with E-state index < -0.39 is 35.6 Å². The summed E-state index contributed by atoms with van der Waals surface area (Å²) in [6.45, 7) is 6.51. The fraction of sp³-hybridized carbons (Fsp3) is 0.600. The first-order valence-electron chi connectivity index (χ1n) is 13.5. The van der Waals surface area contributed by atoms with Crippen LogP contribution in [-0.2, 0) is 41.6 Å². The van der Waals surface area contributed by atoms with Crippen LogP contribution < -0.4 is 11.1 Å². The van der Waals surface area contributed by atoms with E-state index in [1.165, 1.54) is 46.7 Å². The van der Waals surface area contributed by atoms with Crippen molar-refractivity contribution < 1.29 is 28.7 Å². The van der Waals surface area contributed by atoms with Crippen molar-refractivity contribution in [1.82, 2.24) is 40.3 Å². The molecule has 234 valence electrons. The Balaban J connectivity index is 1.49. The number of nitrogens with one attached hydrogen (secondary N) is 1. The molecule has 4 heterocycles. The number of nitrogens with zero attached hydrogens (tertiary/aromatic N) is 7. The van der Waals surface area contributed by atoms with Gasteiger partial charge in [0.15, 0.2) is 5.13 Å². The molecule has 18 heteroatoms. The number of tetrazole rings is 1. The van der Waals surface area contributed by atoms with E-state index >= 15 is 0 Å². The molecule has 0 spiro atoms. The molecule has 4 rings (SSSR count). The SMILES string of the molecule is CC(C)CC(=O)OC(C)OC(=O)C1=C(CSc2nnnn2CCN(C)C)CS[C@@H]2[C@H](NC(=O)Cc3csc(N)n3)C(=O)N12. The lowest BCUT2D eigenvalue weighted by Gasteiger charge is -2.49. The van der Waals surface area contributed by atoms with Crippen molar-refractivity contribution in [3.8, 4) is 0 Å². The van der Waals surface area contributed by atoms with Crippen LogP contribution in [0.3, 0.4) is 0 Å². The molecule has 2 aromatic heterocycles. The molecule has 0 saturated carbocycles. The highest BCUT2D eigenvalue weighted by Gasteiger charge is 2.54. The van der Waals surface area contributed by atoms with E-state index in [-0.39, 0.29) is 30.4 Å². The van der Waals surface area contributed by atoms with Gasteiger partial charge in [-0.2, -0.15) is 0 Å².